The number of rotatable bonds is 5. The number of aromatic nitrogens is 4. The van der Waals surface area contributed by atoms with Crippen LogP contribution in [0, 0.1) is 0 Å². The maximum atomic E-state index is 12.4. The molecule has 7 nitrogen and oxygen atoms in total. The van der Waals surface area contributed by atoms with Crippen LogP contribution in [0.3, 0.4) is 0 Å². The fourth-order valence-corrected chi connectivity index (χ4v) is 3.67. The first-order valence-corrected chi connectivity index (χ1v) is 8.88. The van der Waals surface area contributed by atoms with Crippen LogP contribution in [0.5, 0.6) is 0 Å². The third-order valence-corrected chi connectivity index (χ3v) is 5.35. The number of carbonyl (C=O) groups excluding carboxylic acids is 1. The van der Waals surface area contributed by atoms with E-state index in [0.717, 1.165) is 23.3 Å². The zero-order valence-corrected chi connectivity index (χ0v) is 14.2. The third kappa shape index (κ3) is 3.31. The summed E-state index contributed by atoms with van der Waals surface area (Å²) >= 11 is 1.40. The summed E-state index contributed by atoms with van der Waals surface area (Å²) in [6.45, 7) is -0.110. The predicted molar refractivity (Wildman–Crippen MR) is 93.0 cm³/mol. The molecule has 2 heterocycles. The van der Waals surface area contributed by atoms with Crippen molar-refractivity contribution in [2.24, 2.45) is 0 Å². The Kier molecular flexibility index (Phi) is 4.29. The van der Waals surface area contributed by atoms with E-state index in [1.807, 2.05) is 30.3 Å². The molecule has 0 radical (unpaired) electrons. The van der Waals surface area contributed by atoms with Crippen LogP contribution in [0.1, 0.15) is 34.4 Å². The molecule has 1 amide bonds. The van der Waals surface area contributed by atoms with Gasteiger partial charge in [0.2, 0.25) is 0 Å². The van der Waals surface area contributed by atoms with Crippen LogP contribution in [-0.2, 0) is 6.61 Å². The minimum atomic E-state index is -0.134. The van der Waals surface area contributed by atoms with Crippen LogP contribution in [-0.4, -0.2) is 37.0 Å². The van der Waals surface area contributed by atoms with Crippen molar-refractivity contribution in [2.75, 3.05) is 0 Å². The lowest BCUT2D eigenvalue weighted by Gasteiger charge is -2.35. The van der Waals surface area contributed by atoms with E-state index < -0.39 is 0 Å². The first-order valence-electron chi connectivity index (χ1n) is 8.06. The topological polar surface area (TPSA) is 92.9 Å². The van der Waals surface area contributed by atoms with E-state index in [2.05, 4.69) is 20.6 Å². The molecule has 1 aromatic carbocycles. The van der Waals surface area contributed by atoms with E-state index in [1.54, 1.807) is 17.1 Å². The molecule has 0 unspecified atom stereocenters. The third-order valence-electron chi connectivity index (χ3n) is 4.30. The number of amides is 1. The number of hydrogen-bond acceptors (Lipinski definition) is 6. The molecular formula is C17H17N5O2S. The SMILES string of the molecule is O=C(NC1CC(n2cc(CO)nn2)C1)c1ncc(-c2ccccc2)s1. The molecular weight excluding hydrogens is 338 g/mol. The molecule has 1 aliphatic carbocycles. The number of carbonyl (C=O) groups is 1. The van der Waals surface area contributed by atoms with Crippen LogP contribution >= 0.6 is 11.3 Å². The molecule has 1 fully saturated rings. The van der Waals surface area contributed by atoms with Gasteiger partial charge in [-0.2, -0.15) is 0 Å². The fourth-order valence-electron chi connectivity index (χ4n) is 2.85. The Morgan fingerprint density at radius 1 is 1.32 bits per heavy atom. The van der Waals surface area contributed by atoms with Gasteiger partial charge in [0.15, 0.2) is 5.01 Å². The normalized spacial score (nSPS) is 19.4. The van der Waals surface area contributed by atoms with Crippen molar-refractivity contribution in [2.45, 2.75) is 31.5 Å². The van der Waals surface area contributed by atoms with Crippen LogP contribution in [0.15, 0.2) is 42.7 Å². The Morgan fingerprint density at radius 3 is 2.84 bits per heavy atom. The summed E-state index contributed by atoms with van der Waals surface area (Å²) in [5, 5.41) is 20.4. The van der Waals surface area contributed by atoms with Gasteiger partial charge in [-0.25, -0.2) is 9.67 Å². The van der Waals surface area contributed by atoms with Crippen molar-refractivity contribution in [1.29, 1.82) is 0 Å². The van der Waals surface area contributed by atoms with Crippen molar-refractivity contribution in [3.63, 3.8) is 0 Å². The molecule has 25 heavy (non-hydrogen) atoms. The lowest BCUT2D eigenvalue weighted by atomic mass is 9.87. The standard InChI is InChI=1S/C17H17N5O2S/c23-10-13-9-22(21-20-13)14-6-12(7-14)19-16(24)17-18-8-15(25-17)11-4-2-1-3-5-11/h1-5,8-9,12,14,23H,6-7,10H2,(H,19,24). The summed E-state index contributed by atoms with van der Waals surface area (Å²) in [5.74, 6) is -0.134. The summed E-state index contributed by atoms with van der Waals surface area (Å²) in [4.78, 5) is 17.6. The zero-order valence-electron chi connectivity index (χ0n) is 13.4. The Bertz CT molecular complexity index is 870. The number of nitrogens with zero attached hydrogens (tertiary/aromatic N) is 4. The minimum Gasteiger partial charge on any atom is -0.390 e. The van der Waals surface area contributed by atoms with Crippen molar-refractivity contribution in [1.82, 2.24) is 25.3 Å². The molecule has 0 bridgehead atoms. The maximum absolute atomic E-state index is 12.4. The zero-order chi connectivity index (χ0) is 17.2. The summed E-state index contributed by atoms with van der Waals surface area (Å²) in [6.07, 6.45) is 5.09. The molecule has 0 atom stereocenters. The van der Waals surface area contributed by atoms with Gasteiger partial charge < -0.3 is 10.4 Å². The van der Waals surface area contributed by atoms with Crippen molar-refractivity contribution < 1.29 is 9.90 Å². The highest BCUT2D eigenvalue weighted by atomic mass is 32.1. The second-order valence-corrected chi connectivity index (χ2v) is 7.07. The lowest BCUT2D eigenvalue weighted by Crippen LogP contribution is -2.45. The molecule has 0 aliphatic heterocycles. The molecule has 8 heteroatoms. The summed E-state index contributed by atoms with van der Waals surface area (Å²) in [5.41, 5.74) is 1.62. The van der Waals surface area contributed by atoms with Gasteiger partial charge in [0.1, 0.15) is 5.69 Å². The Labute approximate surface area is 148 Å². The second-order valence-electron chi connectivity index (χ2n) is 6.04. The van der Waals surface area contributed by atoms with Crippen molar-refractivity contribution >= 4 is 17.2 Å². The molecule has 128 valence electrons. The predicted octanol–water partition coefficient (Wildman–Crippen LogP) is 2.03. The quantitative estimate of drug-likeness (QED) is 0.730. The van der Waals surface area contributed by atoms with E-state index in [9.17, 15) is 4.79 Å². The number of thiazole rings is 1. The number of aliphatic hydroxyl groups is 1. The van der Waals surface area contributed by atoms with Crippen LogP contribution in [0.2, 0.25) is 0 Å². The maximum Gasteiger partial charge on any atom is 0.280 e. The molecule has 2 aromatic heterocycles. The number of benzene rings is 1. The number of hydrogen-bond donors (Lipinski definition) is 2. The van der Waals surface area contributed by atoms with Gasteiger partial charge in [0, 0.05) is 12.2 Å². The molecule has 2 N–H and O–H groups in total. The van der Waals surface area contributed by atoms with Gasteiger partial charge in [-0.3, -0.25) is 4.79 Å². The molecule has 0 spiro atoms. The van der Waals surface area contributed by atoms with Gasteiger partial charge in [-0.1, -0.05) is 35.5 Å². The first-order chi connectivity index (χ1) is 12.2. The van der Waals surface area contributed by atoms with Crippen molar-refractivity contribution in [3.8, 4) is 10.4 Å². The van der Waals surface area contributed by atoms with E-state index in [4.69, 9.17) is 5.11 Å². The van der Waals surface area contributed by atoms with E-state index in [0.29, 0.717) is 10.7 Å². The largest absolute Gasteiger partial charge is 0.390 e. The number of aliphatic hydroxyl groups excluding tert-OH is 1. The highest BCUT2D eigenvalue weighted by Crippen LogP contribution is 2.32. The highest BCUT2D eigenvalue weighted by molar-refractivity contribution is 7.16. The van der Waals surface area contributed by atoms with Gasteiger partial charge in [-0.05, 0) is 18.4 Å². The molecule has 1 aliphatic rings. The van der Waals surface area contributed by atoms with Crippen LogP contribution in [0.4, 0.5) is 0 Å². The lowest BCUT2D eigenvalue weighted by molar-refractivity contribution is 0.0887. The Hall–Kier alpha value is -2.58. The number of nitrogens with one attached hydrogen (secondary N) is 1. The van der Waals surface area contributed by atoms with Gasteiger partial charge in [-0.15, -0.1) is 16.4 Å². The minimum absolute atomic E-state index is 0.110. The Morgan fingerprint density at radius 2 is 2.12 bits per heavy atom. The Balaban J connectivity index is 1.34. The average Bonchev–Trinajstić information content (AvgIpc) is 3.27. The second kappa shape index (κ2) is 6.73. The van der Waals surface area contributed by atoms with Crippen LogP contribution in [0.25, 0.3) is 10.4 Å². The average molecular weight is 355 g/mol. The molecule has 3 aromatic rings. The monoisotopic (exact) mass is 355 g/mol. The first kappa shape index (κ1) is 15.9. The summed E-state index contributed by atoms with van der Waals surface area (Å²) in [7, 11) is 0. The van der Waals surface area contributed by atoms with E-state index in [1.165, 1.54) is 11.3 Å². The summed E-state index contributed by atoms with van der Waals surface area (Å²) in [6, 6.07) is 10.2. The molecule has 1 saturated carbocycles. The van der Waals surface area contributed by atoms with Gasteiger partial charge >= 0.3 is 0 Å². The van der Waals surface area contributed by atoms with E-state index >= 15 is 0 Å². The van der Waals surface area contributed by atoms with Gasteiger partial charge in [0.05, 0.1) is 23.7 Å². The van der Waals surface area contributed by atoms with Crippen molar-refractivity contribution in [3.05, 3.63) is 53.4 Å². The smallest absolute Gasteiger partial charge is 0.280 e. The van der Waals surface area contributed by atoms with Crippen LogP contribution < -0.4 is 5.32 Å². The summed E-state index contributed by atoms with van der Waals surface area (Å²) < 4.78 is 1.76. The molecule has 4 rings (SSSR count). The highest BCUT2D eigenvalue weighted by Gasteiger charge is 2.33. The van der Waals surface area contributed by atoms with Gasteiger partial charge in [0.25, 0.3) is 5.91 Å². The fraction of sp³-hybridized carbons (Fsp3) is 0.294. The van der Waals surface area contributed by atoms with E-state index in [-0.39, 0.29) is 24.6 Å². The molecule has 0 saturated heterocycles.